The Balaban J connectivity index is 2.32. The summed E-state index contributed by atoms with van der Waals surface area (Å²) in [6.07, 6.45) is 1.07. The van der Waals surface area contributed by atoms with Crippen LogP contribution in [-0.2, 0) is 0 Å². The molecular formula is C12H15BrN4. The van der Waals surface area contributed by atoms with Crippen molar-refractivity contribution in [2.24, 2.45) is 0 Å². The highest BCUT2D eigenvalue weighted by atomic mass is 79.9. The van der Waals surface area contributed by atoms with Crippen LogP contribution in [-0.4, -0.2) is 33.6 Å². The van der Waals surface area contributed by atoms with E-state index in [1.807, 2.05) is 24.3 Å². The van der Waals surface area contributed by atoms with Gasteiger partial charge in [0.2, 0.25) is 5.95 Å². The number of anilines is 1. The molecule has 1 aromatic carbocycles. The summed E-state index contributed by atoms with van der Waals surface area (Å²) < 4.78 is 0. The Morgan fingerprint density at radius 1 is 1.12 bits per heavy atom. The number of rotatable bonds is 5. The number of para-hydroxylation sites is 1. The molecule has 2 aromatic rings. The zero-order chi connectivity index (χ0) is 12.1. The minimum absolute atomic E-state index is 0.713. The highest BCUT2D eigenvalue weighted by Crippen LogP contribution is 2.12. The third kappa shape index (κ3) is 2.91. The van der Waals surface area contributed by atoms with Crippen LogP contribution < -0.4 is 4.90 Å². The van der Waals surface area contributed by atoms with Gasteiger partial charge in [-0.1, -0.05) is 35.0 Å². The standard InChI is InChI=1S/C12H15BrN4/c1-2-8-17(9-7-13)12-14-10-5-3-4-6-11(10)15-16-12/h3-6H,2,7-9H2,1H3. The van der Waals surface area contributed by atoms with Crippen molar-refractivity contribution >= 4 is 32.9 Å². The lowest BCUT2D eigenvalue weighted by Crippen LogP contribution is -2.28. The van der Waals surface area contributed by atoms with Crippen molar-refractivity contribution in [1.29, 1.82) is 0 Å². The van der Waals surface area contributed by atoms with Gasteiger partial charge in [-0.05, 0) is 18.6 Å². The highest BCUT2D eigenvalue weighted by Gasteiger charge is 2.09. The molecule has 0 fully saturated rings. The fourth-order valence-corrected chi connectivity index (χ4v) is 2.12. The summed E-state index contributed by atoms with van der Waals surface area (Å²) in [6, 6.07) is 7.80. The number of aromatic nitrogens is 3. The largest absolute Gasteiger partial charge is 0.339 e. The van der Waals surface area contributed by atoms with E-state index in [9.17, 15) is 0 Å². The van der Waals surface area contributed by atoms with Gasteiger partial charge in [-0.15, -0.1) is 10.2 Å². The number of nitrogens with zero attached hydrogens (tertiary/aromatic N) is 4. The molecule has 90 valence electrons. The Morgan fingerprint density at radius 3 is 2.59 bits per heavy atom. The first-order valence-electron chi connectivity index (χ1n) is 5.75. The molecular weight excluding hydrogens is 280 g/mol. The van der Waals surface area contributed by atoms with Crippen LogP contribution in [0.1, 0.15) is 13.3 Å². The second-order valence-corrected chi connectivity index (χ2v) is 4.57. The normalized spacial score (nSPS) is 10.7. The van der Waals surface area contributed by atoms with Crippen molar-refractivity contribution in [2.75, 3.05) is 23.3 Å². The molecule has 1 aromatic heterocycles. The molecule has 1 heterocycles. The van der Waals surface area contributed by atoms with Gasteiger partial charge in [0.15, 0.2) is 0 Å². The maximum absolute atomic E-state index is 4.54. The van der Waals surface area contributed by atoms with Gasteiger partial charge in [-0.3, -0.25) is 0 Å². The molecule has 0 N–H and O–H groups in total. The van der Waals surface area contributed by atoms with E-state index in [2.05, 4.69) is 42.9 Å². The molecule has 0 aliphatic rings. The van der Waals surface area contributed by atoms with Crippen LogP contribution in [0.4, 0.5) is 5.95 Å². The quantitative estimate of drug-likeness (QED) is 0.795. The first-order valence-corrected chi connectivity index (χ1v) is 6.87. The maximum Gasteiger partial charge on any atom is 0.245 e. The lowest BCUT2D eigenvalue weighted by Gasteiger charge is -2.20. The van der Waals surface area contributed by atoms with Crippen LogP contribution in [0.5, 0.6) is 0 Å². The summed E-state index contributed by atoms with van der Waals surface area (Å²) in [6.45, 7) is 4.00. The van der Waals surface area contributed by atoms with Crippen molar-refractivity contribution in [3.8, 4) is 0 Å². The van der Waals surface area contributed by atoms with Gasteiger partial charge in [0.25, 0.3) is 0 Å². The van der Waals surface area contributed by atoms with Crippen LogP contribution in [0.25, 0.3) is 11.0 Å². The van der Waals surface area contributed by atoms with E-state index in [0.717, 1.165) is 35.9 Å². The topological polar surface area (TPSA) is 41.9 Å². The number of fused-ring (bicyclic) bond motifs is 1. The molecule has 4 nitrogen and oxygen atoms in total. The van der Waals surface area contributed by atoms with Gasteiger partial charge in [0.05, 0.1) is 5.52 Å². The molecule has 0 aliphatic carbocycles. The predicted molar refractivity (Wildman–Crippen MR) is 73.6 cm³/mol. The lowest BCUT2D eigenvalue weighted by molar-refractivity contribution is 0.758. The summed E-state index contributed by atoms with van der Waals surface area (Å²) in [5, 5.41) is 9.29. The Bertz CT molecular complexity index is 483. The average molecular weight is 295 g/mol. The van der Waals surface area contributed by atoms with Gasteiger partial charge >= 0.3 is 0 Å². The SMILES string of the molecule is CCCN(CCBr)c1nnc2ccccc2n1. The molecule has 2 rings (SSSR count). The Labute approximate surface area is 109 Å². The van der Waals surface area contributed by atoms with Crippen molar-refractivity contribution < 1.29 is 0 Å². The first kappa shape index (κ1) is 12.2. The fraction of sp³-hybridized carbons (Fsp3) is 0.417. The van der Waals surface area contributed by atoms with E-state index in [1.165, 1.54) is 0 Å². The third-order valence-electron chi connectivity index (χ3n) is 2.48. The van der Waals surface area contributed by atoms with E-state index in [-0.39, 0.29) is 0 Å². The summed E-state index contributed by atoms with van der Waals surface area (Å²) in [5.74, 6) is 0.713. The summed E-state index contributed by atoms with van der Waals surface area (Å²) in [4.78, 5) is 6.69. The Morgan fingerprint density at radius 2 is 1.88 bits per heavy atom. The van der Waals surface area contributed by atoms with Gasteiger partial charge in [0, 0.05) is 18.4 Å². The molecule has 0 saturated heterocycles. The van der Waals surface area contributed by atoms with Gasteiger partial charge in [0.1, 0.15) is 5.52 Å². The Kier molecular flexibility index (Phi) is 4.25. The fourth-order valence-electron chi connectivity index (χ4n) is 1.69. The molecule has 0 atom stereocenters. The van der Waals surface area contributed by atoms with E-state index >= 15 is 0 Å². The zero-order valence-corrected chi connectivity index (χ0v) is 11.4. The van der Waals surface area contributed by atoms with Gasteiger partial charge in [-0.2, -0.15) is 0 Å². The molecule has 0 bridgehead atoms. The van der Waals surface area contributed by atoms with Crippen molar-refractivity contribution in [1.82, 2.24) is 15.2 Å². The van der Waals surface area contributed by atoms with Crippen molar-refractivity contribution in [2.45, 2.75) is 13.3 Å². The molecule has 0 aliphatic heterocycles. The zero-order valence-electron chi connectivity index (χ0n) is 9.80. The van der Waals surface area contributed by atoms with Gasteiger partial charge in [-0.25, -0.2) is 4.98 Å². The molecule has 5 heteroatoms. The Hall–Kier alpha value is -1.23. The smallest absolute Gasteiger partial charge is 0.245 e. The average Bonchev–Trinajstić information content (AvgIpc) is 2.38. The molecule has 0 amide bonds. The van der Waals surface area contributed by atoms with Crippen molar-refractivity contribution in [3.05, 3.63) is 24.3 Å². The van der Waals surface area contributed by atoms with Crippen LogP contribution in [0, 0.1) is 0 Å². The van der Waals surface area contributed by atoms with Crippen LogP contribution in [0.2, 0.25) is 0 Å². The van der Waals surface area contributed by atoms with Gasteiger partial charge < -0.3 is 4.90 Å². The van der Waals surface area contributed by atoms with Crippen LogP contribution >= 0.6 is 15.9 Å². The second-order valence-electron chi connectivity index (χ2n) is 3.78. The third-order valence-corrected chi connectivity index (χ3v) is 2.83. The van der Waals surface area contributed by atoms with Crippen LogP contribution in [0.15, 0.2) is 24.3 Å². The first-order chi connectivity index (χ1) is 8.35. The minimum Gasteiger partial charge on any atom is -0.339 e. The molecule has 17 heavy (non-hydrogen) atoms. The number of benzene rings is 1. The predicted octanol–water partition coefficient (Wildman–Crippen LogP) is 2.64. The lowest BCUT2D eigenvalue weighted by atomic mass is 10.3. The van der Waals surface area contributed by atoms with E-state index in [0.29, 0.717) is 5.95 Å². The van der Waals surface area contributed by atoms with E-state index < -0.39 is 0 Å². The molecule has 0 spiro atoms. The van der Waals surface area contributed by atoms with Crippen LogP contribution in [0.3, 0.4) is 0 Å². The van der Waals surface area contributed by atoms with E-state index in [1.54, 1.807) is 0 Å². The molecule has 0 saturated carbocycles. The monoisotopic (exact) mass is 294 g/mol. The maximum atomic E-state index is 4.54. The van der Waals surface area contributed by atoms with E-state index in [4.69, 9.17) is 0 Å². The number of hydrogen-bond acceptors (Lipinski definition) is 4. The molecule has 0 unspecified atom stereocenters. The second kappa shape index (κ2) is 5.91. The number of halogens is 1. The number of alkyl halides is 1. The minimum atomic E-state index is 0.713. The number of hydrogen-bond donors (Lipinski definition) is 0. The summed E-state index contributed by atoms with van der Waals surface area (Å²) >= 11 is 3.45. The summed E-state index contributed by atoms with van der Waals surface area (Å²) in [5.41, 5.74) is 1.74. The van der Waals surface area contributed by atoms with Crippen molar-refractivity contribution in [3.63, 3.8) is 0 Å². The molecule has 0 radical (unpaired) electrons. The highest BCUT2D eigenvalue weighted by molar-refractivity contribution is 9.09. The summed E-state index contributed by atoms with van der Waals surface area (Å²) in [7, 11) is 0.